The van der Waals surface area contributed by atoms with Gasteiger partial charge in [-0.05, 0) is 36.1 Å². The second-order valence-electron chi connectivity index (χ2n) is 5.25. The molecule has 1 atom stereocenters. The van der Waals surface area contributed by atoms with Crippen molar-refractivity contribution in [2.24, 2.45) is 0 Å². The van der Waals surface area contributed by atoms with Gasteiger partial charge in [0.2, 0.25) is 0 Å². The van der Waals surface area contributed by atoms with Crippen LogP contribution in [0.15, 0.2) is 48.5 Å². The van der Waals surface area contributed by atoms with Gasteiger partial charge in [-0.3, -0.25) is 0 Å². The number of nitrogens with one attached hydrogen (secondary N) is 1. The Kier molecular flexibility index (Phi) is 5.78. The molecule has 3 heteroatoms. The monoisotopic (exact) mass is 285 g/mol. The second-order valence-corrected chi connectivity index (χ2v) is 5.25. The van der Waals surface area contributed by atoms with Gasteiger partial charge in [0.25, 0.3) is 0 Å². The van der Waals surface area contributed by atoms with Crippen LogP contribution in [0.5, 0.6) is 5.75 Å². The minimum absolute atomic E-state index is 0.0646. The molecular formula is C18H23NO2. The van der Waals surface area contributed by atoms with E-state index < -0.39 is 0 Å². The summed E-state index contributed by atoms with van der Waals surface area (Å²) in [7, 11) is 1.68. The maximum Gasteiger partial charge on any atom is 0.121 e. The summed E-state index contributed by atoms with van der Waals surface area (Å²) in [6.07, 6.45) is 0.826. The molecule has 0 saturated carbocycles. The summed E-state index contributed by atoms with van der Waals surface area (Å²) in [4.78, 5) is 0. The van der Waals surface area contributed by atoms with Crippen molar-refractivity contribution in [1.29, 1.82) is 0 Å². The number of hydrogen-bond acceptors (Lipinski definition) is 3. The van der Waals surface area contributed by atoms with Crippen molar-refractivity contribution in [3.05, 3.63) is 65.2 Å². The third-order valence-electron chi connectivity index (χ3n) is 3.60. The highest BCUT2D eigenvalue weighted by molar-refractivity contribution is 5.36. The number of aryl methyl sites for hydroxylation is 1. The Morgan fingerprint density at radius 3 is 2.48 bits per heavy atom. The van der Waals surface area contributed by atoms with E-state index in [1.807, 2.05) is 31.2 Å². The molecule has 0 spiro atoms. The number of benzene rings is 2. The smallest absolute Gasteiger partial charge is 0.121 e. The molecule has 112 valence electrons. The zero-order valence-corrected chi connectivity index (χ0v) is 12.7. The van der Waals surface area contributed by atoms with Crippen LogP contribution in [0.4, 0.5) is 0 Å². The van der Waals surface area contributed by atoms with Crippen molar-refractivity contribution in [3.63, 3.8) is 0 Å². The number of aliphatic hydroxyl groups is 1. The van der Waals surface area contributed by atoms with Gasteiger partial charge in [0.1, 0.15) is 5.75 Å². The van der Waals surface area contributed by atoms with Crippen LogP contribution in [0.25, 0.3) is 0 Å². The third-order valence-corrected chi connectivity index (χ3v) is 3.60. The molecule has 0 aliphatic rings. The molecule has 2 aromatic rings. The van der Waals surface area contributed by atoms with E-state index in [0.717, 1.165) is 24.3 Å². The van der Waals surface area contributed by atoms with E-state index in [9.17, 15) is 5.11 Å². The van der Waals surface area contributed by atoms with Crippen molar-refractivity contribution < 1.29 is 9.84 Å². The van der Waals surface area contributed by atoms with Gasteiger partial charge < -0.3 is 15.2 Å². The van der Waals surface area contributed by atoms with E-state index in [1.165, 1.54) is 11.1 Å². The van der Waals surface area contributed by atoms with E-state index in [2.05, 4.69) is 29.6 Å². The van der Waals surface area contributed by atoms with Gasteiger partial charge >= 0.3 is 0 Å². The average molecular weight is 285 g/mol. The summed E-state index contributed by atoms with van der Waals surface area (Å²) in [6.45, 7) is 2.91. The van der Waals surface area contributed by atoms with Crippen molar-refractivity contribution >= 4 is 0 Å². The first-order valence-electron chi connectivity index (χ1n) is 7.24. The molecule has 0 fully saturated rings. The maximum absolute atomic E-state index is 9.52. The highest BCUT2D eigenvalue weighted by atomic mass is 16.5. The molecule has 0 aliphatic heterocycles. The van der Waals surface area contributed by atoms with Crippen LogP contribution in [-0.2, 0) is 13.0 Å². The molecule has 0 bridgehead atoms. The molecule has 3 nitrogen and oxygen atoms in total. The van der Waals surface area contributed by atoms with Crippen LogP contribution < -0.4 is 10.1 Å². The molecular weight excluding hydrogens is 262 g/mol. The van der Waals surface area contributed by atoms with E-state index >= 15 is 0 Å². The predicted octanol–water partition coefficient (Wildman–Crippen LogP) is 2.70. The number of rotatable bonds is 7. The molecule has 1 unspecified atom stereocenters. The number of methoxy groups -OCH3 is 1. The van der Waals surface area contributed by atoms with Crippen molar-refractivity contribution in [2.45, 2.75) is 25.9 Å². The van der Waals surface area contributed by atoms with Crippen molar-refractivity contribution in [3.8, 4) is 5.75 Å². The Bertz CT molecular complexity index is 554. The summed E-state index contributed by atoms with van der Waals surface area (Å²) in [5.74, 6) is 0.904. The molecule has 2 aromatic carbocycles. The van der Waals surface area contributed by atoms with Crippen LogP contribution in [0.2, 0.25) is 0 Å². The molecule has 2 rings (SSSR count). The van der Waals surface area contributed by atoms with Crippen LogP contribution in [0, 0.1) is 6.92 Å². The Morgan fingerprint density at radius 1 is 1.10 bits per heavy atom. The van der Waals surface area contributed by atoms with Gasteiger partial charge in [-0.25, -0.2) is 0 Å². The van der Waals surface area contributed by atoms with Gasteiger partial charge in [0.05, 0.1) is 13.7 Å². The van der Waals surface area contributed by atoms with Gasteiger partial charge in [0.15, 0.2) is 0 Å². The largest absolute Gasteiger partial charge is 0.496 e. The van der Waals surface area contributed by atoms with Crippen LogP contribution in [0.1, 0.15) is 16.7 Å². The standard InChI is InChI=1S/C18H23NO2/c1-14-10-16(8-9-18(14)21-2)12-19-17(13-20)11-15-6-4-3-5-7-15/h3-10,17,19-20H,11-13H2,1-2H3. The van der Waals surface area contributed by atoms with Crippen molar-refractivity contribution in [2.75, 3.05) is 13.7 Å². The summed E-state index contributed by atoms with van der Waals surface area (Å²) in [5, 5.41) is 12.9. The molecule has 0 amide bonds. The SMILES string of the molecule is COc1ccc(CNC(CO)Cc2ccccc2)cc1C. The zero-order valence-electron chi connectivity index (χ0n) is 12.7. The van der Waals surface area contributed by atoms with E-state index in [4.69, 9.17) is 4.74 Å². The topological polar surface area (TPSA) is 41.5 Å². The Labute approximate surface area is 126 Å². The van der Waals surface area contributed by atoms with Gasteiger partial charge in [-0.2, -0.15) is 0 Å². The molecule has 0 aliphatic carbocycles. The summed E-state index contributed by atoms with van der Waals surface area (Å²) < 4.78 is 5.27. The Balaban J connectivity index is 1.92. The maximum atomic E-state index is 9.52. The van der Waals surface area contributed by atoms with Crippen LogP contribution in [-0.4, -0.2) is 24.9 Å². The molecule has 0 heterocycles. The van der Waals surface area contributed by atoms with E-state index in [1.54, 1.807) is 7.11 Å². The van der Waals surface area contributed by atoms with Gasteiger partial charge in [-0.1, -0.05) is 42.5 Å². The lowest BCUT2D eigenvalue weighted by Gasteiger charge is -2.17. The minimum Gasteiger partial charge on any atom is -0.496 e. The third kappa shape index (κ3) is 4.59. The Morgan fingerprint density at radius 2 is 1.86 bits per heavy atom. The quantitative estimate of drug-likeness (QED) is 0.822. The summed E-state index contributed by atoms with van der Waals surface area (Å²) in [6, 6.07) is 16.4. The fraction of sp³-hybridized carbons (Fsp3) is 0.333. The summed E-state index contributed by atoms with van der Waals surface area (Å²) in [5.41, 5.74) is 3.55. The van der Waals surface area contributed by atoms with E-state index in [0.29, 0.717) is 0 Å². The highest BCUT2D eigenvalue weighted by Crippen LogP contribution is 2.18. The second kappa shape index (κ2) is 7.81. The molecule has 0 saturated heterocycles. The molecule has 2 N–H and O–H groups in total. The number of aliphatic hydroxyl groups excluding tert-OH is 1. The number of hydrogen-bond donors (Lipinski definition) is 2. The lowest BCUT2D eigenvalue weighted by Crippen LogP contribution is -2.34. The lowest BCUT2D eigenvalue weighted by atomic mass is 10.1. The van der Waals surface area contributed by atoms with Gasteiger partial charge in [-0.15, -0.1) is 0 Å². The fourth-order valence-electron chi connectivity index (χ4n) is 2.41. The summed E-state index contributed by atoms with van der Waals surface area (Å²) >= 11 is 0. The van der Waals surface area contributed by atoms with E-state index in [-0.39, 0.29) is 12.6 Å². The van der Waals surface area contributed by atoms with Gasteiger partial charge in [0, 0.05) is 12.6 Å². The molecule has 21 heavy (non-hydrogen) atoms. The first-order chi connectivity index (χ1) is 10.2. The average Bonchev–Trinajstić information content (AvgIpc) is 2.52. The minimum atomic E-state index is 0.0646. The first kappa shape index (κ1) is 15.5. The predicted molar refractivity (Wildman–Crippen MR) is 85.6 cm³/mol. The first-order valence-corrected chi connectivity index (χ1v) is 7.24. The normalized spacial score (nSPS) is 12.1. The fourth-order valence-corrected chi connectivity index (χ4v) is 2.41. The lowest BCUT2D eigenvalue weighted by molar-refractivity contribution is 0.241. The zero-order chi connectivity index (χ0) is 15.1. The Hall–Kier alpha value is -1.84. The number of ether oxygens (including phenoxy) is 1. The van der Waals surface area contributed by atoms with Crippen LogP contribution >= 0.6 is 0 Å². The van der Waals surface area contributed by atoms with Crippen LogP contribution in [0.3, 0.4) is 0 Å². The molecule has 0 aromatic heterocycles. The highest BCUT2D eigenvalue weighted by Gasteiger charge is 2.08. The van der Waals surface area contributed by atoms with Crippen molar-refractivity contribution in [1.82, 2.24) is 5.32 Å². The molecule has 0 radical (unpaired) electrons.